The third-order valence-corrected chi connectivity index (χ3v) is 4.18. The Morgan fingerprint density at radius 1 is 1.19 bits per heavy atom. The Labute approximate surface area is 134 Å². The lowest BCUT2D eigenvalue weighted by Crippen LogP contribution is -2.17. The number of benzene rings is 1. The molecular weight excluding hydrogens is 304 g/mol. The molecule has 0 atom stereocenters. The van der Waals surface area contributed by atoms with Gasteiger partial charge in [-0.2, -0.15) is 0 Å². The molecule has 2 heterocycles. The van der Waals surface area contributed by atoms with E-state index in [1.165, 1.54) is 11.1 Å². The largest absolute Gasteiger partial charge is 0.508 e. The van der Waals surface area contributed by atoms with Crippen LogP contribution in [-0.2, 0) is 0 Å². The zero-order valence-electron chi connectivity index (χ0n) is 11.7. The molecule has 0 saturated carbocycles. The second-order valence-electron chi connectivity index (χ2n) is 4.66. The summed E-state index contributed by atoms with van der Waals surface area (Å²) >= 11 is 1.66. The lowest BCUT2D eigenvalue weighted by Gasteiger charge is -2.23. The maximum Gasteiger partial charge on any atom is 0.117 e. The summed E-state index contributed by atoms with van der Waals surface area (Å²) in [6.07, 6.45) is 4.70. The van der Waals surface area contributed by atoms with Crippen molar-refractivity contribution in [2.45, 2.75) is 13.3 Å². The zero-order valence-corrected chi connectivity index (χ0v) is 13.3. The van der Waals surface area contributed by atoms with Gasteiger partial charge < -0.3 is 10.0 Å². The molecule has 0 fully saturated rings. The minimum atomic E-state index is 0. The standard InChI is InChI=1S/C16H16N2OS.ClH/c1-2-9-18(12-5-7-17-8-6-12)15-11-20-16-10-13(19)3-4-14(15)16;/h3-8,10-11,19H,2,9H2,1H3;1H. The van der Waals surface area contributed by atoms with Gasteiger partial charge in [-0.1, -0.05) is 6.92 Å². The van der Waals surface area contributed by atoms with Crippen molar-refractivity contribution >= 4 is 45.2 Å². The summed E-state index contributed by atoms with van der Waals surface area (Å²) in [4.78, 5) is 6.39. The first-order chi connectivity index (χ1) is 9.79. The molecule has 1 aromatic carbocycles. The van der Waals surface area contributed by atoms with Gasteiger partial charge in [-0.05, 0) is 36.8 Å². The number of rotatable bonds is 4. The number of pyridine rings is 1. The van der Waals surface area contributed by atoms with Crippen LogP contribution in [0.4, 0.5) is 11.4 Å². The molecule has 1 N–H and O–H groups in total. The Hall–Kier alpha value is -1.78. The fourth-order valence-corrected chi connectivity index (χ4v) is 3.33. The highest BCUT2D eigenvalue weighted by Gasteiger charge is 2.13. The van der Waals surface area contributed by atoms with Crippen LogP contribution in [0.1, 0.15) is 13.3 Å². The van der Waals surface area contributed by atoms with Crippen LogP contribution in [0.2, 0.25) is 0 Å². The number of nitrogens with zero attached hydrogens (tertiary/aromatic N) is 2. The van der Waals surface area contributed by atoms with E-state index >= 15 is 0 Å². The van der Waals surface area contributed by atoms with E-state index in [0.29, 0.717) is 5.75 Å². The number of halogens is 1. The summed E-state index contributed by atoms with van der Waals surface area (Å²) in [6.45, 7) is 3.13. The minimum absolute atomic E-state index is 0. The Balaban J connectivity index is 0.00000161. The summed E-state index contributed by atoms with van der Waals surface area (Å²) < 4.78 is 1.11. The van der Waals surface area contributed by atoms with Gasteiger partial charge in [0, 0.05) is 40.1 Å². The molecule has 0 saturated heterocycles. The van der Waals surface area contributed by atoms with E-state index < -0.39 is 0 Å². The minimum Gasteiger partial charge on any atom is -0.508 e. The van der Waals surface area contributed by atoms with E-state index in [2.05, 4.69) is 22.2 Å². The van der Waals surface area contributed by atoms with Crippen molar-refractivity contribution in [2.24, 2.45) is 0 Å². The van der Waals surface area contributed by atoms with E-state index in [4.69, 9.17) is 0 Å². The molecule has 3 rings (SSSR count). The quantitative estimate of drug-likeness (QED) is 0.737. The molecule has 0 bridgehead atoms. The summed E-state index contributed by atoms with van der Waals surface area (Å²) in [5.41, 5.74) is 2.34. The number of anilines is 2. The Kier molecular flexibility index (Phi) is 5.04. The molecule has 0 aliphatic rings. The second kappa shape index (κ2) is 6.78. The molecule has 3 nitrogen and oxygen atoms in total. The van der Waals surface area contributed by atoms with Crippen molar-refractivity contribution in [3.8, 4) is 5.75 Å². The number of thiophene rings is 1. The summed E-state index contributed by atoms with van der Waals surface area (Å²) in [5, 5.41) is 12.9. The third-order valence-electron chi connectivity index (χ3n) is 3.25. The molecule has 3 aromatic rings. The number of aromatic nitrogens is 1. The van der Waals surface area contributed by atoms with E-state index in [1.54, 1.807) is 17.4 Å². The molecule has 0 amide bonds. The average molecular weight is 321 g/mol. The first-order valence-electron chi connectivity index (χ1n) is 6.67. The Morgan fingerprint density at radius 3 is 2.67 bits per heavy atom. The molecule has 0 spiro atoms. The van der Waals surface area contributed by atoms with E-state index in [0.717, 1.165) is 23.4 Å². The molecule has 0 unspecified atom stereocenters. The van der Waals surface area contributed by atoms with E-state index in [-0.39, 0.29) is 12.4 Å². The number of phenolic OH excluding ortho intramolecular Hbond substituents is 1. The number of phenols is 1. The smallest absolute Gasteiger partial charge is 0.117 e. The van der Waals surface area contributed by atoms with Crippen LogP contribution in [-0.4, -0.2) is 16.6 Å². The zero-order chi connectivity index (χ0) is 13.9. The van der Waals surface area contributed by atoms with Gasteiger partial charge in [0.05, 0.1) is 5.69 Å². The van der Waals surface area contributed by atoms with Crippen molar-refractivity contribution in [1.29, 1.82) is 0 Å². The number of aromatic hydroxyl groups is 1. The van der Waals surface area contributed by atoms with Gasteiger partial charge in [0.15, 0.2) is 0 Å². The molecule has 0 aliphatic heterocycles. The molecule has 21 heavy (non-hydrogen) atoms. The highest BCUT2D eigenvalue weighted by Crippen LogP contribution is 2.38. The SMILES string of the molecule is CCCN(c1ccncc1)c1csc2cc(O)ccc12.Cl. The van der Waals surface area contributed by atoms with Crippen molar-refractivity contribution in [3.05, 3.63) is 48.1 Å². The lowest BCUT2D eigenvalue weighted by molar-refractivity contribution is 0.476. The molecule has 2 aromatic heterocycles. The van der Waals surface area contributed by atoms with Gasteiger partial charge in [0.1, 0.15) is 5.75 Å². The predicted molar refractivity (Wildman–Crippen MR) is 92.3 cm³/mol. The van der Waals surface area contributed by atoms with Crippen LogP contribution >= 0.6 is 23.7 Å². The Morgan fingerprint density at radius 2 is 1.95 bits per heavy atom. The average Bonchev–Trinajstić information content (AvgIpc) is 2.88. The van der Waals surface area contributed by atoms with Crippen molar-refractivity contribution < 1.29 is 5.11 Å². The van der Waals surface area contributed by atoms with Crippen molar-refractivity contribution in [3.63, 3.8) is 0 Å². The van der Waals surface area contributed by atoms with Crippen LogP contribution in [0, 0.1) is 0 Å². The second-order valence-corrected chi connectivity index (χ2v) is 5.57. The van der Waals surface area contributed by atoms with Gasteiger partial charge in [-0.25, -0.2) is 0 Å². The van der Waals surface area contributed by atoms with Crippen LogP contribution in [0.3, 0.4) is 0 Å². The van der Waals surface area contributed by atoms with E-state index in [9.17, 15) is 5.11 Å². The highest BCUT2D eigenvalue weighted by atomic mass is 35.5. The lowest BCUT2D eigenvalue weighted by atomic mass is 10.2. The van der Waals surface area contributed by atoms with Gasteiger partial charge in [0.2, 0.25) is 0 Å². The number of hydrogen-bond acceptors (Lipinski definition) is 4. The molecule has 110 valence electrons. The van der Waals surface area contributed by atoms with Gasteiger partial charge in [0.25, 0.3) is 0 Å². The van der Waals surface area contributed by atoms with Crippen molar-refractivity contribution in [1.82, 2.24) is 4.98 Å². The first kappa shape index (κ1) is 15.6. The molecule has 5 heteroatoms. The molecule has 0 radical (unpaired) electrons. The molecular formula is C16H17ClN2OS. The fraction of sp³-hybridized carbons (Fsp3) is 0.188. The number of fused-ring (bicyclic) bond motifs is 1. The predicted octanol–water partition coefficient (Wildman–Crippen LogP) is 4.97. The maximum atomic E-state index is 9.58. The maximum absolute atomic E-state index is 9.58. The third kappa shape index (κ3) is 3.12. The molecule has 0 aliphatic carbocycles. The monoisotopic (exact) mass is 320 g/mol. The van der Waals surface area contributed by atoms with Crippen LogP contribution in [0.25, 0.3) is 10.1 Å². The van der Waals surface area contributed by atoms with E-state index in [1.807, 2.05) is 36.7 Å². The summed E-state index contributed by atoms with van der Waals surface area (Å²) in [6, 6.07) is 9.61. The van der Waals surface area contributed by atoms with Gasteiger partial charge in [-0.15, -0.1) is 23.7 Å². The summed E-state index contributed by atoms with van der Waals surface area (Å²) in [7, 11) is 0. The summed E-state index contributed by atoms with van der Waals surface area (Å²) in [5.74, 6) is 0.317. The Bertz CT molecular complexity index is 715. The van der Waals surface area contributed by atoms with Crippen LogP contribution < -0.4 is 4.90 Å². The van der Waals surface area contributed by atoms with Crippen LogP contribution in [0.15, 0.2) is 48.1 Å². The first-order valence-corrected chi connectivity index (χ1v) is 7.55. The normalized spacial score (nSPS) is 10.3. The van der Waals surface area contributed by atoms with Crippen molar-refractivity contribution in [2.75, 3.05) is 11.4 Å². The van der Waals surface area contributed by atoms with Crippen LogP contribution in [0.5, 0.6) is 5.75 Å². The number of hydrogen-bond donors (Lipinski definition) is 1. The van der Waals surface area contributed by atoms with Gasteiger partial charge >= 0.3 is 0 Å². The fourth-order valence-electron chi connectivity index (χ4n) is 2.35. The van der Waals surface area contributed by atoms with Gasteiger partial charge in [-0.3, -0.25) is 4.98 Å². The highest BCUT2D eigenvalue weighted by molar-refractivity contribution is 7.17. The topological polar surface area (TPSA) is 36.4 Å².